The van der Waals surface area contributed by atoms with E-state index in [-0.39, 0.29) is 12.3 Å². The predicted molar refractivity (Wildman–Crippen MR) is 56.0 cm³/mol. The molecule has 0 saturated carbocycles. The normalized spacial score (nSPS) is 11.6. The lowest BCUT2D eigenvalue weighted by molar-refractivity contribution is -0.131. The molecule has 16 heavy (non-hydrogen) atoms. The van der Waals surface area contributed by atoms with Gasteiger partial charge in [-0.3, -0.25) is 4.79 Å². The van der Waals surface area contributed by atoms with Crippen LogP contribution in [0.2, 0.25) is 0 Å². The van der Waals surface area contributed by atoms with Gasteiger partial charge in [-0.1, -0.05) is 0 Å². The average molecular weight is 252 g/mol. The summed E-state index contributed by atoms with van der Waals surface area (Å²) in [5.41, 5.74) is 0.930. The number of anilines is 1. The van der Waals surface area contributed by atoms with Gasteiger partial charge in [0.2, 0.25) is 0 Å². The van der Waals surface area contributed by atoms with Crippen LogP contribution in [0.1, 0.15) is 29.4 Å². The summed E-state index contributed by atoms with van der Waals surface area (Å²) in [6.45, 7) is 2.78. The second kappa shape index (κ2) is 4.82. The summed E-state index contributed by atoms with van der Waals surface area (Å²) in [5, 5.41) is 3.00. The number of aryl methyl sites for hydroxylation is 1. The van der Waals surface area contributed by atoms with E-state index in [0.717, 1.165) is 11.5 Å². The fraction of sp³-hybridized carbons (Fsp3) is 0.556. The molecule has 3 nitrogen and oxygen atoms in total. The highest BCUT2D eigenvalue weighted by Crippen LogP contribution is 2.26. The van der Waals surface area contributed by atoms with Gasteiger partial charge in [-0.2, -0.15) is 17.5 Å². The quantitative estimate of drug-likeness (QED) is 0.837. The van der Waals surface area contributed by atoms with Gasteiger partial charge >= 0.3 is 6.18 Å². The zero-order valence-electron chi connectivity index (χ0n) is 8.81. The third-order valence-electron chi connectivity index (χ3n) is 1.91. The minimum Gasteiger partial charge on any atom is -0.375 e. The second-order valence-electron chi connectivity index (χ2n) is 3.32. The molecule has 0 aromatic carbocycles. The van der Waals surface area contributed by atoms with E-state index in [0.29, 0.717) is 16.3 Å². The molecule has 0 aliphatic rings. The van der Waals surface area contributed by atoms with E-state index < -0.39 is 12.6 Å². The first-order chi connectivity index (χ1) is 7.31. The highest BCUT2D eigenvalue weighted by atomic mass is 32.1. The maximum absolute atomic E-state index is 11.9. The topological polar surface area (TPSA) is 42.0 Å². The van der Waals surface area contributed by atoms with Crippen LogP contribution in [-0.2, 0) is 0 Å². The molecule has 0 fully saturated rings. The van der Waals surface area contributed by atoms with Crippen LogP contribution in [-0.4, -0.2) is 22.9 Å². The molecule has 1 rings (SSSR count). The van der Waals surface area contributed by atoms with E-state index in [4.69, 9.17) is 0 Å². The summed E-state index contributed by atoms with van der Waals surface area (Å²) >= 11 is 1.01. The largest absolute Gasteiger partial charge is 0.390 e. The summed E-state index contributed by atoms with van der Waals surface area (Å²) in [5.74, 6) is -0.194. The molecule has 1 N–H and O–H groups in total. The number of carbonyl (C=O) groups excluding carboxylic acids is 1. The number of nitrogens with zero attached hydrogens (tertiary/aromatic N) is 1. The summed E-state index contributed by atoms with van der Waals surface area (Å²) < 4.78 is 39.6. The van der Waals surface area contributed by atoms with Crippen LogP contribution in [0.3, 0.4) is 0 Å². The fourth-order valence-corrected chi connectivity index (χ4v) is 2.09. The Morgan fingerprint density at radius 3 is 2.62 bits per heavy atom. The Morgan fingerprint density at radius 1 is 1.50 bits per heavy atom. The van der Waals surface area contributed by atoms with Crippen molar-refractivity contribution in [3.8, 4) is 0 Å². The van der Waals surface area contributed by atoms with Gasteiger partial charge in [-0.05, 0) is 25.4 Å². The molecule has 0 spiro atoms. The Morgan fingerprint density at radius 2 is 2.12 bits per heavy atom. The summed E-state index contributed by atoms with van der Waals surface area (Å²) in [4.78, 5) is 11.2. The molecule has 90 valence electrons. The maximum Gasteiger partial charge on any atom is 0.390 e. The lowest BCUT2D eigenvalue weighted by Gasteiger charge is -2.07. The van der Waals surface area contributed by atoms with Crippen molar-refractivity contribution in [2.24, 2.45) is 0 Å². The van der Waals surface area contributed by atoms with E-state index in [9.17, 15) is 18.0 Å². The Hall–Kier alpha value is -1.11. The third kappa shape index (κ3) is 3.48. The zero-order valence-corrected chi connectivity index (χ0v) is 9.63. The number of carbonyl (C=O) groups is 1. The first-order valence-corrected chi connectivity index (χ1v) is 5.36. The van der Waals surface area contributed by atoms with Gasteiger partial charge in [0.05, 0.1) is 17.7 Å². The lowest BCUT2D eigenvalue weighted by atomic mass is 10.2. The van der Waals surface area contributed by atoms with Crippen molar-refractivity contribution in [1.82, 2.24) is 4.37 Å². The standard InChI is InChI=1S/C9H11F3N2OS/c1-5-7(6(2)15)8(16-14-5)13-4-3-9(10,11)12/h13H,3-4H2,1-2H3. The predicted octanol–water partition coefficient (Wildman–Crippen LogP) is 3.02. The number of Topliss-reactive ketones (excluding diaryl/α,β-unsaturated/α-hetero) is 1. The second-order valence-corrected chi connectivity index (χ2v) is 4.09. The molecule has 0 bridgehead atoms. The van der Waals surface area contributed by atoms with Gasteiger partial charge < -0.3 is 5.32 Å². The smallest absolute Gasteiger partial charge is 0.375 e. The number of alkyl halides is 3. The molecule has 1 aromatic rings. The van der Waals surface area contributed by atoms with E-state index in [1.165, 1.54) is 6.92 Å². The van der Waals surface area contributed by atoms with Crippen molar-refractivity contribution in [1.29, 1.82) is 0 Å². The lowest BCUT2D eigenvalue weighted by Crippen LogP contribution is -2.15. The van der Waals surface area contributed by atoms with Crippen molar-refractivity contribution < 1.29 is 18.0 Å². The van der Waals surface area contributed by atoms with Crippen LogP contribution in [0.15, 0.2) is 0 Å². The average Bonchev–Trinajstić information content (AvgIpc) is 2.44. The van der Waals surface area contributed by atoms with Crippen LogP contribution in [0.4, 0.5) is 18.2 Å². The first-order valence-electron chi connectivity index (χ1n) is 4.59. The van der Waals surface area contributed by atoms with E-state index in [1.54, 1.807) is 6.92 Å². The maximum atomic E-state index is 11.9. The Labute approximate surface area is 94.8 Å². The van der Waals surface area contributed by atoms with Crippen LogP contribution in [0, 0.1) is 6.92 Å². The monoisotopic (exact) mass is 252 g/mol. The van der Waals surface area contributed by atoms with Crippen molar-refractivity contribution >= 4 is 22.3 Å². The molecular weight excluding hydrogens is 241 g/mol. The number of aromatic nitrogens is 1. The van der Waals surface area contributed by atoms with E-state index in [2.05, 4.69) is 9.69 Å². The molecule has 0 aliphatic heterocycles. The fourth-order valence-electron chi connectivity index (χ4n) is 1.22. The molecule has 0 aliphatic carbocycles. The van der Waals surface area contributed by atoms with Crippen molar-refractivity contribution in [2.75, 3.05) is 11.9 Å². The van der Waals surface area contributed by atoms with E-state index in [1.807, 2.05) is 0 Å². The summed E-state index contributed by atoms with van der Waals surface area (Å²) in [7, 11) is 0. The number of halogens is 3. The minimum absolute atomic E-state index is 0.194. The number of hydrogen-bond acceptors (Lipinski definition) is 4. The number of ketones is 1. The third-order valence-corrected chi connectivity index (χ3v) is 2.81. The van der Waals surface area contributed by atoms with Crippen molar-refractivity contribution in [2.45, 2.75) is 26.4 Å². The number of rotatable bonds is 4. The molecule has 0 radical (unpaired) electrons. The van der Waals surface area contributed by atoms with E-state index >= 15 is 0 Å². The Kier molecular flexibility index (Phi) is 3.90. The highest BCUT2D eigenvalue weighted by Gasteiger charge is 2.26. The summed E-state index contributed by atoms with van der Waals surface area (Å²) in [6.07, 6.45) is -5.12. The van der Waals surface area contributed by atoms with Crippen molar-refractivity contribution in [3.05, 3.63) is 11.3 Å². The van der Waals surface area contributed by atoms with Gasteiger partial charge in [0.1, 0.15) is 5.00 Å². The molecule has 0 unspecified atom stereocenters. The molecule has 0 amide bonds. The van der Waals surface area contributed by atoms with Crippen molar-refractivity contribution in [3.63, 3.8) is 0 Å². The van der Waals surface area contributed by atoms with Gasteiger partial charge in [-0.25, -0.2) is 0 Å². The van der Waals surface area contributed by atoms with Gasteiger partial charge in [0, 0.05) is 6.54 Å². The van der Waals surface area contributed by atoms with Crippen LogP contribution in [0.5, 0.6) is 0 Å². The molecule has 1 aromatic heterocycles. The van der Waals surface area contributed by atoms with Gasteiger partial charge in [0.15, 0.2) is 5.78 Å². The van der Waals surface area contributed by atoms with Crippen LogP contribution in [0.25, 0.3) is 0 Å². The molecule has 0 atom stereocenters. The zero-order chi connectivity index (χ0) is 12.3. The molecule has 7 heteroatoms. The Balaban J connectivity index is 2.64. The number of nitrogens with one attached hydrogen (secondary N) is 1. The SMILES string of the molecule is CC(=O)c1c(C)nsc1NCCC(F)(F)F. The highest BCUT2D eigenvalue weighted by molar-refractivity contribution is 7.10. The molecule has 1 heterocycles. The Bertz CT molecular complexity index is 387. The van der Waals surface area contributed by atoms with Gasteiger partial charge in [-0.15, -0.1) is 0 Å². The number of hydrogen-bond donors (Lipinski definition) is 1. The molecular formula is C9H11F3N2OS. The minimum atomic E-state index is -4.19. The van der Waals surface area contributed by atoms with Gasteiger partial charge in [0.25, 0.3) is 0 Å². The molecule has 0 saturated heterocycles. The summed E-state index contributed by atoms with van der Waals surface area (Å²) in [6, 6.07) is 0. The first kappa shape index (κ1) is 13.0. The van der Waals surface area contributed by atoms with Crippen LogP contribution < -0.4 is 5.32 Å². The van der Waals surface area contributed by atoms with Crippen LogP contribution >= 0.6 is 11.5 Å².